The van der Waals surface area contributed by atoms with Gasteiger partial charge in [0.05, 0.1) is 6.10 Å². The summed E-state index contributed by atoms with van der Waals surface area (Å²) in [7, 11) is 0. The van der Waals surface area contributed by atoms with E-state index < -0.39 is 0 Å². The molecule has 7 unspecified atom stereocenters. The molecule has 0 saturated heterocycles. The van der Waals surface area contributed by atoms with E-state index in [1.807, 2.05) is 6.92 Å². The number of rotatable bonds is 4. The fourth-order valence-electron chi connectivity index (χ4n) is 5.92. The summed E-state index contributed by atoms with van der Waals surface area (Å²) < 4.78 is 11.3. The lowest BCUT2D eigenvalue weighted by Gasteiger charge is -2.38. The van der Waals surface area contributed by atoms with Gasteiger partial charge in [0, 0.05) is 6.61 Å². The van der Waals surface area contributed by atoms with Gasteiger partial charge in [-0.2, -0.15) is 0 Å². The molecule has 0 amide bonds. The molecule has 4 saturated carbocycles. The standard InChI is InChI=1S/C15H24O2/c1-2-16-8-17-13-7-11-6-12(13)15-10-4-3-9(5-10)14(11)15/h9-15H,2-8H2,1H3. The summed E-state index contributed by atoms with van der Waals surface area (Å²) in [6, 6.07) is 0. The molecule has 0 aromatic rings. The monoisotopic (exact) mass is 236 g/mol. The van der Waals surface area contributed by atoms with Crippen molar-refractivity contribution in [1.29, 1.82) is 0 Å². The van der Waals surface area contributed by atoms with Crippen LogP contribution in [-0.2, 0) is 9.47 Å². The van der Waals surface area contributed by atoms with E-state index in [0.29, 0.717) is 12.9 Å². The Labute approximate surface area is 104 Å². The van der Waals surface area contributed by atoms with Gasteiger partial charge in [-0.05, 0) is 74.5 Å². The zero-order chi connectivity index (χ0) is 11.4. The highest BCUT2D eigenvalue weighted by Crippen LogP contribution is 2.67. The lowest BCUT2D eigenvalue weighted by Crippen LogP contribution is -2.36. The van der Waals surface area contributed by atoms with Crippen molar-refractivity contribution >= 4 is 0 Å². The van der Waals surface area contributed by atoms with E-state index in [1.54, 1.807) is 12.8 Å². The average Bonchev–Trinajstić information content (AvgIpc) is 3.07. The van der Waals surface area contributed by atoms with Gasteiger partial charge in [0.15, 0.2) is 0 Å². The van der Waals surface area contributed by atoms with Crippen molar-refractivity contribution in [1.82, 2.24) is 0 Å². The largest absolute Gasteiger partial charge is 0.356 e. The average molecular weight is 236 g/mol. The highest BCUT2D eigenvalue weighted by atomic mass is 16.7. The lowest BCUT2D eigenvalue weighted by atomic mass is 9.70. The van der Waals surface area contributed by atoms with Gasteiger partial charge >= 0.3 is 0 Å². The molecule has 4 aliphatic carbocycles. The molecule has 4 fully saturated rings. The molecule has 7 atom stereocenters. The van der Waals surface area contributed by atoms with Gasteiger partial charge in [-0.3, -0.25) is 0 Å². The van der Waals surface area contributed by atoms with Gasteiger partial charge in [-0.25, -0.2) is 0 Å². The molecular formula is C15H24O2. The van der Waals surface area contributed by atoms with Crippen LogP contribution in [0.15, 0.2) is 0 Å². The molecule has 0 heterocycles. The maximum atomic E-state index is 5.97. The van der Waals surface area contributed by atoms with Gasteiger partial charge in [0.2, 0.25) is 0 Å². The first kappa shape index (κ1) is 10.8. The quantitative estimate of drug-likeness (QED) is 0.424. The first-order valence-electron chi connectivity index (χ1n) is 7.57. The lowest BCUT2D eigenvalue weighted by molar-refractivity contribution is -0.117. The van der Waals surface area contributed by atoms with Crippen LogP contribution in [-0.4, -0.2) is 19.5 Å². The van der Waals surface area contributed by atoms with Crippen molar-refractivity contribution in [3.63, 3.8) is 0 Å². The maximum absolute atomic E-state index is 5.97. The summed E-state index contributed by atoms with van der Waals surface area (Å²) in [5, 5.41) is 0. The van der Waals surface area contributed by atoms with Crippen LogP contribution in [0.2, 0.25) is 0 Å². The molecule has 17 heavy (non-hydrogen) atoms. The second kappa shape index (κ2) is 3.96. The highest BCUT2D eigenvalue weighted by Gasteiger charge is 2.62. The molecular weight excluding hydrogens is 212 g/mol. The normalized spacial score (nSPS) is 54.5. The van der Waals surface area contributed by atoms with E-state index in [0.717, 1.165) is 42.1 Å². The molecule has 2 nitrogen and oxygen atoms in total. The third kappa shape index (κ3) is 1.46. The molecule has 96 valence electrons. The topological polar surface area (TPSA) is 18.5 Å². The van der Waals surface area contributed by atoms with Crippen LogP contribution < -0.4 is 0 Å². The zero-order valence-corrected chi connectivity index (χ0v) is 10.8. The number of ether oxygens (including phenoxy) is 2. The summed E-state index contributed by atoms with van der Waals surface area (Å²) >= 11 is 0. The van der Waals surface area contributed by atoms with Gasteiger partial charge in [0.1, 0.15) is 6.79 Å². The predicted molar refractivity (Wildman–Crippen MR) is 65.4 cm³/mol. The Bertz CT molecular complexity index is 303. The van der Waals surface area contributed by atoms with E-state index >= 15 is 0 Å². The van der Waals surface area contributed by atoms with Crippen LogP contribution in [0.5, 0.6) is 0 Å². The molecule has 2 heteroatoms. The van der Waals surface area contributed by atoms with Gasteiger partial charge in [-0.15, -0.1) is 0 Å². The third-order valence-corrected chi connectivity index (χ3v) is 6.24. The predicted octanol–water partition coefficient (Wildman–Crippen LogP) is 3.07. The molecule has 0 aromatic carbocycles. The summed E-state index contributed by atoms with van der Waals surface area (Å²) in [6.45, 7) is 3.34. The SMILES string of the molecule is CCOCOC1CC2CC1C1C3CCC(C3)C21. The molecule has 0 radical (unpaired) electrons. The second-order valence-electron chi connectivity index (χ2n) is 6.70. The fraction of sp³-hybridized carbons (Fsp3) is 1.00. The third-order valence-electron chi connectivity index (χ3n) is 6.24. The Hall–Kier alpha value is -0.0800. The summed E-state index contributed by atoms with van der Waals surface area (Å²) in [6.07, 6.45) is 7.96. The molecule has 0 spiro atoms. The first-order chi connectivity index (χ1) is 8.38. The van der Waals surface area contributed by atoms with Crippen LogP contribution in [0.25, 0.3) is 0 Å². The molecule has 0 aromatic heterocycles. The molecule has 4 rings (SSSR count). The minimum Gasteiger partial charge on any atom is -0.356 e. The van der Waals surface area contributed by atoms with Crippen molar-refractivity contribution < 1.29 is 9.47 Å². The van der Waals surface area contributed by atoms with Crippen molar-refractivity contribution in [2.24, 2.45) is 35.5 Å². The molecule has 0 N–H and O–H groups in total. The summed E-state index contributed by atoms with van der Waals surface area (Å²) in [5.74, 6) is 6.21. The Morgan fingerprint density at radius 2 is 1.76 bits per heavy atom. The number of hydrogen-bond acceptors (Lipinski definition) is 2. The second-order valence-corrected chi connectivity index (χ2v) is 6.70. The van der Waals surface area contributed by atoms with E-state index in [-0.39, 0.29) is 0 Å². The summed E-state index contributed by atoms with van der Waals surface area (Å²) in [5.41, 5.74) is 0. The molecule has 0 aliphatic heterocycles. The Balaban J connectivity index is 1.44. The van der Waals surface area contributed by atoms with Crippen LogP contribution in [0.3, 0.4) is 0 Å². The van der Waals surface area contributed by atoms with E-state index in [2.05, 4.69) is 0 Å². The minimum atomic E-state index is 0.524. The van der Waals surface area contributed by atoms with E-state index in [4.69, 9.17) is 9.47 Å². The van der Waals surface area contributed by atoms with Crippen LogP contribution in [0.4, 0.5) is 0 Å². The first-order valence-corrected chi connectivity index (χ1v) is 7.57. The number of fused-ring (bicyclic) bond motifs is 9. The van der Waals surface area contributed by atoms with E-state index in [9.17, 15) is 0 Å². The van der Waals surface area contributed by atoms with Crippen molar-refractivity contribution in [3.8, 4) is 0 Å². The van der Waals surface area contributed by atoms with Gasteiger partial charge < -0.3 is 9.47 Å². The van der Waals surface area contributed by atoms with Crippen molar-refractivity contribution in [3.05, 3.63) is 0 Å². The highest BCUT2D eigenvalue weighted by molar-refractivity contribution is 5.11. The van der Waals surface area contributed by atoms with Crippen LogP contribution in [0.1, 0.15) is 39.0 Å². The Kier molecular flexibility index (Phi) is 2.52. The molecule has 4 aliphatic rings. The summed E-state index contributed by atoms with van der Waals surface area (Å²) in [4.78, 5) is 0. The minimum absolute atomic E-state index is 0.524. The van der Waals surface area contributed by atoms with Crippen LogP contribution >= 0.6 is 0 Å². The smallest absolute Gasteiger partial charge is 0.147 e. The maximum Gasteiger partial charge on any atom is 0.147 e. The molecule has 4 bridgehead atoms. The van der Waals surface area contributed by atoms with Gasteiger partial charge in [-0.1, -0.05) is 0 Å². The zero-order valence-electron chi connectivity index (χ0n) is 10.8. The van der Waals surface area contributed by atoms with Crippen molar-refractivity contribution in [2.45, 2.75) is 45.1 Å². The van der Waals surface area contributed by atoms with Crippen LogP contribution in [0, 0.1) is 35.5 Å². The number of hydrogen-bond donors (Lipinski definition) is 0. The Morgan fingerprint density at radius 1 is 0.941 bits per heavy atom. The van der Waals surface area contributed by atoms with Gasteiger partial charge in [0.25, 0.3) is 0 Å². The Morgan fingerprint density at radius 3 is 2.59 bits per heavy atom. The van der Waals surface area contributed by atoms with Crippen molar-refractivity contribution in [2.75, 3.05) is 13.4 Å². The fourth-order valence-corrected chi connectivity index (χ4v) is 5.92. The van der Waals surface area contributed by atoms with E-state index in [1.165, 1.54) is 19.3 Å².